The highest BCUT2D eigenvalue weighted by Crippen LogP contribution is 2.28. The summed E-state index contributed by atoms with van der Waals surface area (Å²) in [5.41, 5.74) is 0.235. The minimum absolute atomic E-state index is 0.235. The molecule has 0 fully saturated rings. The monoisotopic (exact) mass is 266 g/mol. The van der Waals surface area contributed by atoms with Gasteiger partial charge in [0.15, 0.2) is 0 Å². The Balaban J connectivity index is 3.16. The van der Waals surface area contributed by atoms with Crippen LogP contribution in [0.5, 0.6) is 11.5 Å². The molecule has 0 heterocycles. The first-order valence-corrected chi connectivity index (χ1v) is 5.28. The van der Waals surface area contributed by atoms with Gasteiger partial charge in [-0.25, -0.2) is 4.79 Å². The van der Waals surface area contributed by atoms with E-state index in [9.17, 15) is 14.7 Å². The summed E-state index contributed by atoms with van der Waals surface area (Å²) in [5.74, 6) is -1.63. The summed E-state index contributed by atoms with van der Waals surface area (Å²) in [5, 5.41) is 9.86. The van der Waals surface area contributed by atoms with Gasteiger partial charge in [0.05, 0.1) is 26.9 Å². The number of carbonyl (C=O) groups excluding carboxylic acids is 2. The lowest BCUT2D eigenvalue weighted by Crippen LogP contribution is -2.13. The Morgan fingerprint density at radius 2 is 1.84 bits per heavy atom. The summed E-state index contributed by atoms with van der Waals surface area (Å²) in [4.78, 5) is 22.3. The lowest BCUT2D eigenvalue weighted by atomic mass is 10.1. The fraction of sp³-hybridized carbons (Fsp3) is 0.231. The van der Waals surface area contributed by atoms with Gasteiger partial charge in [-0.05, 0) is 18.2 Å². The van der Waals surface area contributed by atoms with Crippen molar-refractivity contribution >= 4 is 17.5 Å². The van der Waals surface area contributed by atoms with Gasteiger partial charge in [-0.15, -0.1) is 0 Å². The zero-order valence-corrected chi connectivity index (χ0v) is 10.8. The summed E-state index contributed by atoms with van der Waals surface area (Å²) in [6.07, 6.45) is 0.767. The largest absolute Gasteiger partial charge is 0.507 e. The molecule has 0 aromatic heterocycles. The standard InChI is InChI=1S/C13H14O6/c1-17-8-4-5-12(18-2)9(6-8)10(14)7-11(15)13(16)19-3/h4-7,14H,1-3H3. The number of ketones is 1. The van der Waals surface area contributed by atoms with Crippen molar-refractivity contribution in [3.63, 3.8) is 0 Å². The van der Waals surface area contributed by atoms with Crippen LogP contribution in [-0.4, -0.2) is 38.2 Å². The number of methoxy groups -OCH3 is 3. The predicted octanol–water partition coefficient (Wildman–Crippen LogP) is 1.34. The Labute approximate surface area is 110 Å². The molecule has 0 saturated heterocycles. The second-order valence-electron chi connectivity index (χ2n) is 3.45. The van der Waals surface area contributed by atoms with E-state index < -0.39 is 17.5 Å². The Kier molecular flexibility index (Phi) is 4.93. The molecular weight excluding hydrogens is 252 g/mol. The van der Waals surface area contributed by atoms with Gasteiger partial charge in [0, 0.05) is 6.08 Å². The van der Waals surface area contributed by atoms with Crippen molar-refractivity contribution in [1.82, 2.24) is 0 Å². The summed E-state index contributed by atoms with van der Waals surface area (Å²) in [7, 11) is 3.96. The third-order valence-electron chi connectivity index (χ3n) is 2.34. The number of aliphatic hydroxyl groups is 1. The fourth-order valence-corrected chi connectivity index (χ4v) is 1.38. The van der Waals surface area contributed by atoms with Gasteiger partial charge < -0.3 is 19.3 Å². The van der Waals surface area contributed by atoms with Crippen LogP contribution >= 0.6 is 0 Å². The van der Waals surface area contributed by atoms with Crippen LogP contribution in [0.4, 0.5) is 0 Å². The number of ether oxygens (including phenoxy) is 3. The van der Waals surface area contributed by atoms with Gasteiger partial charge in [0.2, 0.25) is 0 Å². The topological polar surface area (TPSA) is 82.1 Å². The molecule has 0 bridgehead atoms. The number of rotatable bonds is 5. The molecule has 102 valence electrons. The summed E-state index contributed by atoms with van der Waals surface area (Å²) in [6.45, 7) is 0. The quantitative estimate of drug-likeness (QED) is 0.375. The Morgan fingerprint density at radius 3 is 2.37 bits per heavy atom. The molecule has 0 spiro atoms. The number of hydrogen-bond donors (Lipinski definition) is 1. The summed E-state index contributed by atoms with van der Waals surface area (Å²) in [6, 6.07) is 4.69. The van der Waals surface area contributed by atoms with E-state index >= 15 is 0 Å². The van der Waals surface area contributed by atoms with Crippen molar-refractivity contribution in [3.05, 3.63) is 29.8 Å². The summed E-state index contributed by atoms with van der Waals surface area (Å²) < 4.78 is 14.3. The van der Waals surface area contributed by atoms with E-state index in [2.05, 4.69) is 4.74 Å². The number of esters is 1. The minimum atomic E-state index is -1.06. The first-order chi connectivity index (χ1) is 9.03. The van der Waals surface area contributed by atoms with Crippen molar-refractivity contribution in [2.24, 2.45) is 0 Å². The van der Waals surface area contributed by atoms with E-state index in [0.29, 0.717) is 11.5 Å². The Bertz CT molecular complexity index is 518. The molecule has 1 N–H and O–H groups in total. The minimum Gasteiger partial charge on any atom is -0.507 e. The van der Waals surface area contributed by atoms with Crippen LogP contribution in [0.25, 0.3) is 5.76 Å². The van der Waals surface area contributed by atoms with Crippen molar-refractivity contribution in [2.75, 3.05) is 21.3 Å². The van der Waals surface area contributed by atoms with Crippen molar-refractivity contribution < 1.29 is 28.9 Å². The molecule has 6 heteroatoms. The lowest BCUT2D eigenvalue weighted by Gasteiger charge is -2.09. The van der Waals surface area contributed by atoms with Gasteiger partial charge in [0.25, 0.3) is 5.78 Å². The molecular formula is C13H14O6. The average Bonchev–Trinajstić information content (AvgIpc) is 2.45. The molecule has 1 rings (SSSR count). The van der Waals surface area contributed by atoms with Crippen LogP contribution in [0.3, 0.4) is 0 Å². The van der Waals surface area contributed by atoms with E-state index in [-0.39, 0.29) is 5.56 Å². The molecule has 0 radical (unpaired) electrons. The SMILES string of the molecule is COC(=O)C(=O)C=C(O)c1cc(OC)ccc1OC. The van der Waals surface area contributed by atoms with Gasteiger partial charge in [-0.3, -0.25) is 4.79 Å². The van der Waals surface area contributed by atoms with Gasteiger partial charge in [-0.1, -0.05) is 0 Å². The zero-order chi connectivity index (χ0) is 14.4. The average molecular weight is 266 g/mol. The van der Waals surface area contributed by atoms with Crippen molar-refractivity contribution in [2.45, 2.75) is 0 Å². The van der Waals surface area contributed by atoms with Crippen LogP contribution in [0, 0.1) is 0 Å². The molecule has 0 atom stereocenters. The third kappa shape index (κ3) is 3.48. The number of aliphatic hydroxyl groups excluding tert-OH is 1. The maximum Gasteiger partial charge on any atom is 0.378 e. The molecule has 1 aromatic rings. The molecule has 0 amide bonds. The maximum atomic E-state index is 11.3. The Hall–Kier alpha value is -2.50. The molecule has 19 heavy (non-hydrogen) atoms. The van der Waals surface area contributed by atoms with E-state index in [4.69, 9.17) is 9.47 Å². The third-order valence-corrected chi connectivity index (χ3v) is 2.34. The fourth-order valence-electron chi connectivity index (χ4n) is 1.38. The van der Waals surface area contributed by atoms with Crippen molar-refractivity contribution in [1.29, 1.82) is 0 Å². The zero-order valence-electron chi connectivity index (χ0n) is 10.8. The molecule has 6 nitrogen and oxygen atoms in total. The Morgan fingerprint density at radius 1 is 1.16 bits per heavy atom. The highest BCUT2D eigenvalue weighted by atomic mass is 16.5. The first-order valence-electron chi connectivity index (χ1n) is 5.28. The van der Waals surface area contributed by atoms with Gasteiger partial charge in [0.1, 0.15) is 17.3 Å². The molecule has 0 aliphatic rings. The van der Waals surface area contributed by atoms with Gasteiger partial charge >= 0.3 is 5.97 Å². The number of benzene rings is 1. The van der Waals surface area contributed by atoms with E-state index in [1.54, 1.807) is 12.1 Å². The van der Waals surface area contributed by atoms with Crippen LogP contribution < -0.4 is 9.47 Å². The molecule has 0 unspecified atom stereocenters. The van der Waals surface area contributed by atoms with Crippen LogP contribution in [0.1, 0.15) is 5.56 Å². The molecule has 0 aliphatic carbocycles. The maximum absolute atomic E-state index is 11.3. The molecule has 1 aromatic carbocycles. The highest BCUT2D eigenvalue weighted by Gasteiger charge is 2.15. The van der Waals surface area contributed by atoms with E-state index in [1.807, 2.05) is 0 Å². The number of hydrogen-bond acceptors (Lipinski definition) is 6. The van der Waals surface area contributed by atoms with Crippen LogP contribution in [-0.2, 0) is 14.3 Å². The first kappa shape index (κ1) is 14.6. The highest BCUT2D eigenvalue weighted by molar-refractivity contribution is 6.39. The van der Waals surface area contributed by atoms with Gasteiger partial charge in [-0.2, -0.15) is 0 Å². The second kappa shape index (κ2) is 6.44. The number of carbonyl (C=O) groups is 2. The van der Waals surface area contributed by atoms with Crippen LogP contribution in [0.15, 0.2) is 24.3 Å². The normalized spacial score (nSPS) is 10.8. The van der Waals surface area contributed by atoms with Crippen molar-refractivity contribution in [3.8, 4) is 11.5 Å². The van der Waals surface area contributed by atoms with E-state index in [1.165, 1.54) is 20.3 Å². The second-order valence-corrected chi connectivity index (χ2v) is 3.45. The van der Waals surface area contributed by atoms with E-state index in [0.717, 1.165) is 13.2 Å². The lowest BCUT2D eigenvalue weighted by molar-refractivity contribution is -0.149. The molecule has 0 saturated carbocycles. The molecule has 0 aliphatic heterocycles. The smallest absolute Gasteiger partial charge is 0.378 e. The predicted molar refractivity (Wildman–Crippen MR) is 67.2 cm³/mol. The van der Waals surface area contributed by atoms with Crippen LogP contribution in [0.2, 0.25) is 0 Å². The summed E-state index contributed by atoms with van der Waals surface area (Å²) >= 11 is 0.